The number of nitrogens with zero attached hydrogens (tertiary/aromatic N) is 4. The SMILES string of the molecule is CC(=O)N1CCCN(c2ccnc3cc(Br)cnc23)CC1. The van der Waals surface area contributed by atoms with E-state index >= 15 is 0 Å². The Morgan fingerprint density at radius 2 is 2.10 bits per heavy atom. The van der Waals surface area contributed by atoms with E-state index in [1.54, 1.807) is 13.1 Å². The Bertz CT molecular complexity index is 676. The van der Waals surface area contributed by atoms with Crippen molar-refractivity contribution < 1.29 is 4.79 Å². The molecule has 3 rings (SSSR count). The van der Waals surface area contributed by atoms with Gasteiger partial charge in [0, 0.05) is 50.0 Å². The minimum absolute atomic E-state index is 0.151. The molecule has 2 aromatic heterocycles. The third-order valence-corrected chi connectivity index (χ3v) is 4.24. The number of fused-ring (bicyclic) bond motifs is 1. The highest BCUT2D eigenvalue weighted by atomic mass is 79.9. The van der Waals surface area contributed by atoms with Gasteiger partial charge in [-0.2, -0.15) is 0 Å². The largest absolute Gasteiger partial charge is 0.368 e. The summed E-state index contributed by atoms with van der Waals surface area (Å²) in [5, 5.41) is 0. The van der Waals surface area contributed by atoms with Gasteiger partial charge in [0.05, 0.1) is 11.2 Å². The van der Waals surface area contributed by atoms with Gasteiger partial charge in [-0.3, -0.25) is 14.8 Å². The van der Waals surface area contributed by atoms with Crippen molar-refractivity contribution in [2.45, 2.75) is 13.3 Å². The van der Waals surface area contributed by atoms with Crippen molar-refractivity contribution in [2.75, 3.05) is 31.1 Å². The molecule has 0 aliphatic carbocycles. The van der Waals surface area contributed by atoms with Crippen LogP contribution >= 0.6 is 15.9 Å². The van der Waals surface area contributed by atoms with E-state index in [0.29, 0.717) is 0 Å². The van der Waals surface area contributed by atoms with E-state index in [4.69, 9.17) is 0 Å². The number of pyridine rings is 2. The minimum atomic E-state index is 0.151. The highest BCUT2D eigenvalue weighted by Crippen LogP contribution is 2.26. The summed E-state index contributed by atoms with van der Waals surface area (Å²) >= 11 is 3.43. The van der Waals surface area contributed by atoms with Crippen LogP contribution in [-0.4, -0.2) is 47.0 Å². The molecule has 0 unspecified atom stereocenters. The third-order valence-electron chi connectivity index (χ3n) is 3.80. The summed E-state index contributed by atoms with van der Waals surface area (Å²) in [5.74, 6) is 0.151. The molecule has 1 aliphatic heterocycles. The maximum atomic E-state index is 11.5. The average molecular weight is 349 g/mol. The van der Waals surface area contributed by atoms with E-state index in [1.165, 1.54) is 0 Å². The number of amides is 1. The smallest absolute Gasteiger partial charge is 0.219 e. The second-order valence-electron chi connectivity index (χ2n) is 5.20. The zero-order valence-corrected chi connectivity index (χ0v) is 13.5. The van der Waals surface area contributed by atoms with E-state index in [0.717, 1.165) is 53.8 Å². The van der Waals surface area contributed by atoms with Gasteiger partial charge in [0.15, 0.2) is 0 Å². The molecule has 1 saturated heterocycles. The van der Waals surface area contributed by atoms with Gasteiger partial charge < -0.3 is 9.80 Å². The van der Waals surface area contributed by atoms with Crippen molar-refractivity contribution >= 4 is 38.6 Å². The molecule has 0 spiro atoms. The fourth-order valence-corrected chi connectivity index (χ4v) is 3.04. The number of rotatable bonds is 1. The average Bonchev–Trinajstić information content (AvgIpc) is 2.72. The van der Waals surface area contributed by atoms with Gasteiger partial charge in [0.1, 0.15) is 5.52 Å². The number of hydrogen-bond acceptors (Lipinski definition) is 4. The lowest BCUT2D eigenvalue weighted by Gasteiger charge is -2.24. The van der Waals surface area contributed by atoms with Crippen LogP contribution in [0.2, 0.25) is 0 Å². The van der Waals surface area contributed by atoms with Gasteiger partial charge in [-0.1, -0.05) is 0 Å². The van der Waals surface area contributed by atoms with Crippen molar-refractivity contribution in [3.8, 4) is 0 Å². The Hall–Kier alpha value is -1.69. The molecule has 5 nitrogen and oxygen atoms in total. The molecule has 0 N–H and O–H groups in total. The van der Waals surface area contributed by atoms with E-state index in [2.05, 4.69) is 30.8 Å². The summed E-state index contributed by atoms with van der Waals surface area (Å²) in [7, 11) is 0. The lowest BCUT2D eigenvalue weighted by molar-refractivity contribution is -0.128. The van der Waals surface area contributed by atoms with Crippen molar-refractivity contribution in [2.24, 2.45) is 0 Å². The number of carbonyl (C=O) groups is 1. The summed E-state index contributed by atoms with van der Waals surface area (Å²) < 4.78 is 0.929. The molecule has 2 aromatic rings. The summed E-state index contributed by atoms with van der Waals surface area (Å²) in [6.07, 6.45) is 4.59. The first kappa shape index (κ1) is 14.3. The van der Waals surface area contributed by atoms with Crippen LogP contribution in [0.5, 0.6) is 0 Å². The van der Waals surface area contributed by atoms with E-state index < -0.39 is 0 Å². The van der Waals surface area contributed by atoms with Crippen LogP contribution in [0.25, 0.3) is 11.0 Å². The number of halogens is 1. The van der Waals surface area contributed by atoms with E-state index in [-0.39, 0.29) is 5.91 Å². The lowest BCUT2D eigenvalue weighted by atomic mass is 10.2. The first-order valence-corrected chi connectivity index (χ1v) is 7.85. The van der Waals surface area contributed by atoms with Crippen LogP contribution in [-0.2, 0) is 4.79 Å². The van der Waals surface area contributed by atoms with Gasteiger partial charge in [-0.05, 0) is 34.5 Å². The molecule has 0 atom stereocenters. The highest BCUT2D eigenvalue weighted by Gasteiger charge is 2.18. The van der Waals surface area contributed by atoms with Crippen LogP contribution in [0, 0.1) is 0 Å². The summed E-state index contributed by atoms with van der Waals surface area (Å²) in [6.45, 7) is 4.98. The highest BCUT2D eigenvalue weighted by molar-refractivity contribution is 9.10. The Morgan fingerprint density at radius 1 is 1.24 bits per heavy atom. The van der Waals surface area contributed by atoms with Crippen LogP contribution in [0.15, 0.2) is 29.0 Å². The molecule has 3 heterocycles. The molecular formula is C15H17BrN4O. The summed E-state index contributed by atoms with van der Waals surface area (Å²) in [5.41, 5.74) is 2.89. The first-order valence-electron chi connectivity index (χ1n) is 7.06. The summed E-state index contributed by atoms with van der Waals surface area (Å²) in [6, 6.07) is 3.98. The first-order chi connectivity index (χ1) is 10.1. The molecule has 0 bridgehead atoms. The normalized spacial score (nSPS) is 16.1. The summed E-state index contributed by atoms with van der Waals surface area (Å²) in [4.78, 5) is 24.6. The van der Waals surface area contributed by atoms with Gasteiger partial charge in [-0.15, -0.1) is 0 Å². The monoisotopic (exact) mass is 348 g/mol. The Balaban J connectivity index is 1.91. The van der Waals surface area contributed by atoms with Gasteiger partial charge in [-0.25, -0.2) is 0 Å². The van der Waals surface area contributed by atoms with Crippen molar-refractivity contribution in [3.05, 3.63) is 29.0 Å². The number of carbonyl (C=O) groups excluding carboxylic acids is 1. The predicted molar refractivity (Wildman–Crippen MR) is 86.3 cm³/mol. The number of anilines is 1. The number of hydrogen-bond donors (Lipinski definition) is 0. The third kappa shape index (κ3) is 3.00. The maximum Gasteiger partial charge on any atom is 0.219 e. The molecule has 1 fully saturated rings. The topological polar surface area (TPSA) is 49.3 Å². The maximum absolute atomic E-state index is 11.5. The van der Waals surface area contributed by atoms with Crippen LogP contribution in [0.4, 0.5) is 5.69 Å². The molecule has 6 heteroatoms. The van der Waals surface area contributed by atoms with Crippen molar-refractivity contribution in [1.29, 1.82) is 0 Å². The fourth-order valence-electron chi connectivity index (χ4n) is 2.72. The van der Waals surface area contributed by atoms with Crippen molar-refractivity contribution in [3.63, 3.8) is 0 Å². The molecular weight excluding hydrogens is 332 g/mol. The molecule has 1 amide bonds. The van der Waals surface area contributed by atoms with E-state index in [9.17, 15) is 4.79 Å². The van der Waals surface area contributed by atoms with Crippen molar-refractivity contribution in [1.82, 2.24) is 14.9 Å². The van der Waals surface area contributed by atoms with Gasteiger partial charge in [0.25, 0.3) is 0 Å². The Kier molecular flexibility index (Phi) is 4.05. The molecule has 0 radical (unpaired) electrons. The van der Waals surface area contributed by atoms with Crippen LogP contribution in [0.3, 0.4) is 0 Å². The van der Waals surface area contributed by atoms with Crippen LogP contribution in [0.1, 0.15) is 13.3 Å². The molecule has 0 aromatic carbocycles. The second kappa shape index (κ2) is 5.97. The molecule has 21 heavy (non-hydrogen) atoms. The molecule has 0 saturated carbocycles. The Morgan fingerprint density at radius 3 is 2.90 bits per heavy atom. The zero-order valence-electron chi connectivity index (χ0n) is 11.9. The van der Waals surface area contributed by atoms with Gasteiger partial charge >= 0.3 is 0 Å². The fraction of sp³-hybridized carbons (Fsp3) is 0.400. The van der Waals surface area contributed by atoms with Gasteiger partial charge in [0.2, 0.25) is 5.91 Å². The molecule has 1 aliphatic rings. The number of aromatic nitrogens is 2. The predicted octanol–water partition coefficient (Wildman–Crippen LogP) is 2.45. The molecule has 110 valence electrons. The quantitative estimate of drug-likeness (QED) is 0.794. The standard InChI is InChI=1S/C15H17BrN4O/c1-11(21)19-5-2-6-20(8-7-19)14-3-4-17-13-9-12(16)10-18-15(13)14/h3-4,9-10H,2,5-8H2,1H3. The zero-order chi connectivity index (χ0) is 14.8. The second-order valence-corrected chi connectivity index (χ2v) is 6.11. The Labute approximate surface area is 132 Å². The van der Waals surface area contributed by atoms with E-state index in [1.807, 2.05) is 23.2 Å². The lowest BCUT2D eigenvalue weighted by Crippen LogP contribution is -2.33. The van der Waals surface area contributed by atoms with Crippen LogP contribution < -0.4 is 4.90 Å². The minimum Gasteiger partial charge on any atom is -0.368 e.